The molecule has 9 heteroatoms. The summed E-state index contributed by atoms with van der Waals surface area (Å²) in [6, 6.07) is 13.5. The van der Waals surface area contributed by atoms with E-state index in [9.17, 15) is 9.90 Å². The van der Waals surface area contributed by atoms with Gasteiger partial charge in [-0.05, 0) is 66.9 Å². The van der Waals surface area contributed by atoms with Crippen LogP contribution in [-0.4, -0.2) is 49.8 Å². The van der Waals surface area contributed by atoms with Crippen molar-refractivity contribution < 1.29 is 5.11 Å². The number of nitrogens with zero attached hydrogens (tertiary/aromatic N) is 5. The molecule has 2 N–H and O–H groups in total. The quantitative estimate of drug-likeness (QED) is 0.331. The average Bonchev–Trinajstić information content (AvgIpc) is 3.51. The number of phenolic OH excluding ortho intramolecular Hbond substituents is 1. The smallest absolute Gasteiger partial charge is 0.332 e. The molecule has 0 aliphatic carbocycles. The highest BCUT2D eigenvalue weighted by atomic mass is 35.5. The van der Waals surface area contributed by atoms with E-state index in [1.807, 2.05) is 44.3 Å². The van der Waals surface area contributed by atoms with Gasteiger partial charge in [0.2, 0.25) is 0 Å². The molecule has 0 amide bonds. The Morgan fingerprint density at radius 3 is 2.50 bits per heavy atom. The highest BCUT2D eigenvalue weighted by Gasteiger charge is 2.20. The molecule has 3 heterocycles. The number of H-pyrrole nitrogens is 1. The van der Waals surface area contributed by atoms with E-state index < -0.39 is 0 Å². The van der Waals surface area contributed by atoms with Crippen LogP contribution in [0.5, 0.6) is 5.75 Å². The highest BCUT2D eigenvalue weighted by Crippen LogP contribution is 2.42. The second-order valence-electron chi connectivity index (χ2n) is 9.80. The lowest BCUT2D eigenvalue weighted by atomic mass is 9.93. The van der Waals surface area contributed by atoms with Crippen molar-refractivity contribution >= 4 is 33.9 Å². The van der Waals surface area contributed by atoms with Crippen molar-refractivity contribution in [2.75, 3.05) is 24.5 Å². The van der Waals surface area contributed by atoms with E-state index in [0.29, 0.717) is 16.3 Å². The van der Waals surface area contributed by atoms with Gasteiger partial charge in [-0.2, -0.15) is 5.10 Å². The number of phenols is 1. The molecule has 0 unspecified atom stereocenters. The van der Waals surface area contributed by atoms with Gasteiger partial charge >= 0.3 is 5.69 Å². The summed E-state index contributed by atoms with van der Waals surface area (Å²) >= 11 is 6.64. The third-order valence-electron chi connectivity index (χ3n) is 7.08. The van der Waals surface area contributed by atoms with E-state index in [1.54, 1.807) is 31.6 Å². The summed E-state index contributed by atoms with van der Waals surface area (Å²) in [7, 11) is 1.69. The van der Waals surface area contributed by atoms with Crippen molar-refractivity contribution in [3.63, 3.8) is 0 Å². The monoisotopic (exact) mass is 526 g/mol. The van der Waals surface area contributed by atoms with E-state index in [-0.39, 0.29) is 11.4 Å². The van der Waals surface area contributed by atoms with Gasteiger partial charge in [0.15, 0.2) is 0 Å². The Labute approximate surface area is 224 Å². The van der Waals surface area contributed by atoms with E-state index in [0.717, 1.165) is 64.2 Å². The fourth-order valence-electron chi connectivity index (χ4n) is 5.16. The maximum atomic E-state index is 12.4. The summed E-state index contributed by atoms with van der Waals surface area (Å²) in [6.07, 6.45) is 5.22. The van der Waals surface area contributed by atoms with E-state index in [2.05, 4.69) is 26.2 Å². The van der Waals surface area contributed by atoms with Gasteiger partial charge < -0.3 is 14.6 Å². The number of aromatic nitrogens is 4. The minimum Gasteiger partial charge on any atom is -0.507 e. The van der Waals surface area contributed by atoms with Crippen molar-refractivity contribution in [2.24, 2.45) is 12.0 Å². The molecular formula is C29H27ClN6O2. The van der Waals surface area contributed by atoms with Crippen molar-refractivity contribution in [3.8, 4) is 33.7 Å². The Bertz CT molecular complexity index is 1790. The number of aliphatic imine (C=N–C) groups is 1. The van der Waals surface area contributed by atoms with Crippen LogP contribution in [0.15, 0.2) is 70.8 Å². The first kappa shape index (κ1) is 24.1. The van der Waals surface area contributed by atoms with Crippen LogP contribution in [0.2, 0.25) is 5.02 Å². The number of rotatable bonds is 4. The standard InChI is InChI=1S/C29H27ClN6O2/c1-17-10-21(19-4-5-26(24(30)12-19)36-9-8-34(3)29(36)38)28(37)22(11-17)20-13-25-23(15-32-33-25)27(14-20)35-7-6-31-18(2)16-35/h4-5,8-15,37H,6-7,16H2,1-3H3,(H,32,33). The molecule has 0 bridgehead atoms. The molecule has 2 aromatic heterocycles. The van der Waals surface area contributed by atoms with Crippen LogP contribution in [0, 0.1) is 6.92 Å². The molecule has 1 aliphatic rings. The fraction of sp³-hybridized carbons (Fsp3) is 0.207. The molecule has 5 aromatic rings. The predicted molar refractivity (Wildman–Crippen MR) is 153 cm³/mol. The number of aryl methyl sites for hydroxylation is 2. The summed E-state index contributed by atoms with van der Waals surface area (Å²) in [6.45, 7) is 6.38. The zero-order valence-corrected chi connectivity index (χ0v) is 22.1. The molecule has 8 nitrogen and oxygen atoms in total. The maximum Gasteiger partial charge on any atom is 0.332 e. The van der Waals surface area contributed by atoms with Gasteiger partial charge in [0.05, 0.1) is 35.5 Å². The number of anilines is 1. The number of hydrogen-bond acceptors (Lipinski definition) is 5. The molecule has 38 heavy (non-hydrogen) atoms. The maximum absolute atomic E-state index is 12.4. The molecule has 0 atom stereocenters. The van der Waals surface area contributed by atoms with Gasteiger partial charge in [-0.1, -0.05) is 17.7 Å². The zero-order valence-electron chi connectivity index (χ0n) is 21.4. The second-order valence-corrected chi connectivity index (χ2v) is 10.2. The van der Waals surface area contributed by atoms with Crippen molar-refractivity contribution in [2.45, 2.75) is 13.8 Å². The number of nitrogens with one attached hydrogen (secondary N) is 1. The Hall–Kier alpha value is -4.30. The van der Waals surface area contributed by atoms with E-state index >= 15 is 0 Å². The molecule has 0 spiro atoms. The largest absolute Gasteiger partial charge is 0.507 e. The van der Waals surface area contributed by atoms with Gasteiger partial charge in [0, 0.05) is 53.9 Å². The molecular weight excluding hydrogens is 500 g/mol. The first-order valence-corrected chi connectivity index (χ1v) is 12.8. The topological polar surface area (TPSA) is 91.4 Å². The predicted octanol–water partition coefficient (Wildman–Crippen LogP) is 5.33. The molecule has 6 rings (SSSR count). The van der Waals surface area contributed by atoms with E-state index in [4.69, 9.17) is 11.6 Å². The SMILES string of the molecule is CC1=NCCN(c2cc(-c3cc(C)cc(-c4ccc(-n5ccn(C)c5=O)c(Cl)c4)c3O)cc3[nH]ncc23)C1. The number of hydrogen-bond donors (Lipinski definition) is 2. The fourth-order valence-corrected chi connectivity index (χ4v) is 5.43. The minimum absolute atomic E-state index is 0.164. The van der Waals surface area contributed by atoms with Gasteiger partial charge in [-0.15, -0.1) is 0 Å². The minimum atomic E-state index is -0.180. The number of aromatic hydroxyl groups is 1. The Balaban J connectivity index is 1.46. The third-order valence-corrected chi connectivity index (χ3v) is 7.38. The first-order chi connectivity index (χ1) is 18.3. The van der Waals surface area contributed by atoms with Crippen molar-refractivity contribution in [1.29, 1.82) is 0 Å². The molecule has 1 aliphatic heterocycles. The third kappa shape index (κ3) is 4.07. The zero-order chi connectivity index (χ0) is 26.6. The molecule has 3 aromatic carbocycles. The Kier molecular flexibility index (Phi) is 5.84. The van der Waals surface area contributed by atoms with Gasteiger partial charge in [-0.3, -0.25) is 14.7 Å². The first-order valence-electron chi connectivity index (χ1n) is 12.4. The average molecular weight is 527 g/mol. The van der Waals surface area contributed by atoms with Gasteiger partial charge in [-0.25, -0.2) is 4.79 Å². The lowest BCUT2D eigenvalue weighted by Crippen LogP contribution is -2.35. The van der Waals surface area contributed by atoms with E-state index in [1.165, 1.54) is 9.13 Å². The lowest BCUT2D eigenvalue weighted by molar-refractivity contribution is 0.479. The van der Waals surface area contributed by atoms with Crippen LogP contribution in [0.3, 0.4) is 0 Å². The van der Waals surface area contributed by atoms with Crippen molar-refractivity contribution in [3.05, 3.63) is 82.1 Å². The molecule has 0 saturated carbocycles. The van der Waals surface area contributed by atoms with Crippen LogP contribution in [-0.2, 0) is 7.05 Å². The molecule has 0 radical (unpaired) electrons. The number of halogens is 1. The summed E-state index contributed by atoms with van der Waals surface area (Å²) in [5.41, 5.74) is 7.50. The summed E-state index contributed by atoms with van der Waals surface area (Å²) in [5.74, 6) is 0.164. The summed E-state index contributed by atoms with van der Waals surface area (Å²) in [5, 5.41) is 20.4. The van der Waals surface area contributed by atoms with Crippen LogP contribution < -0.4 is 10.6 Å². The van der Waals surface area contributed by atoms with Crippen LogP contribution in [0.1, 0.15) is 12.5 Å². The summed E-state index contributed by atoms with van der Waals surface area (Å²) in [4.78, 5) is 19.3. The van der Waals surface area contributed by atoms with Gasteiger partial charge in [0.1, 0.15) is 5.75 Å². The van der Waals surface area contributed by atoms with Crippen LogP contribution in [0.4, 0.5) is 5.69 Å². The highest BCUT2D eigenvalue weighted by molar-refractivity contribution is 6.32. The van der Waals surface area contributed by atoms with Crippen molar-refractivity contribution in [1.82, 2.24) is 19.3 Å². The lowest BCUT2D eigenvalue weighted by Gasteiger charge is -2.28. The molecule has 0 saturated heterocycles. The Morgan fingerprint density at radius 2 is 1.79 bits per heavy atom. The number of aromatic amines is 1. The summed E-state index contributed by atoms with van der Waals surface area (Å²) < 4.78 is 2.99. The molecule has 192 valence electrons. The van der Waals surface area contributed by atoms with Crippen LogP contribution in [0.25, 0.3) is 38.8 Å². The number of fused-ring (bicyclic) bond motifs is 1. The second kappa shape index (κ2) is 9.22. The normalized spacial score (nSPS) is 13.8. The number of benzene rings is 3. The van der Waals surface area contributed by atoms with Crippen LogP contribution >= 0.6 is 11.6 Å². The number of imidazole rings is 1. The van der Waals surface area contributed by atoms with Gasteiger partial charge in [0.25, 0.3) is 0 Å². The molecule has 0 fully saturated rings. The Morgan fingerprint density at radius 1 is 1.00 bits per heavy atom.